The summed E-state index contributed by atoms with van der Waals surface area (Å²) in [4.78, 5) is 14.8. The fourth-order valence-corrected chi connectivity index (χ4v) is 6.19. The van der Waals surface area contributed by atoms with E-state index in [4.69, 9.17) is 9.47 Å². The highest BCUT2D eigenvalue weighted by Crippen LogP contribution is 2.34. The lowest BCUT2D eigenvalue weighted by atomic mass is 9.86. The third-order valence-corrected chi connectivity index (χ3v) is 8.91. The van der Waals surface area contributed by atoms with Crippen LogP contribution in [0.1, 0.15) is 129 Å². The highest BCUT2D eigenvalue weighted by Gasteiger charge is 2.20. The number of carbonyl (C=O) groups excluding carboxylic acids is 1. The quantitative estimate of drug-likeness (QED) is 0.132. The number of unbranched alkanes of at least 4 members (excludes halogenated alkanes) is 13. The topological polar surface area (TPSA) is 50.8 Å². The van der Waals surface area contributed by atoms with Crippen molar-refractivity contribution < 1.29 is 14.3 Å². The second-order valence-corrected chi connectivity index (χ2v) is 14.1. The zero-order valence-electron chi connectivity index (χ0n) is 28.0. The molecule has 0 unspecified atom stereocenters. The minimum atomic E-state index is -0.174. The van der Waals surface area contributed by atoms with Crippen LogP contribution in [-0.4, -0.2) is 29.9 Å². The third kappa shape index (κ3) is 14.5. The van der Waals surface area contributed by atoms with Crippen molar-refractivity contribution in [3.63, 3.8) is 0 Å². The molecule has 3 rings (SSSR count). The Bertz CT molecular complexity index is 1110. The van der Waals surface area contributed by atoms with Gasteiger partial charge in [0.05, 0.1) is 12.5 Å². The van der Waals surface area contributed by atoms with Crippen LogP contribution in [0, 0.1) is 0 Å². The lowest BCUT2D eigenvalue weighted by molar-refractivity contribution is -0.118. The minimum Gasteiger partial charge on any atom is -0.493 e. The maximum absolute atomic E-state index is 12.6. The van der Waals surface area contributed by atoms with Gasteiger partial charge in [-0.05, 0) is 53.1 Å². The number of amides is 1. The second kappa shape index (κ2) is 20.4. The predicted molar refractivity (Wildman–Crippen MR) is 189 cm³/mol. The lowest BCUT2D eigenvalue weighted by Crippen LogP contribution is -2.20. The van der Waals surface area contributed by atoms with Crippen molar-refractivity contribution in [2.75, 3.05) is 24.4 Å². The molecule has 0 aromatic heterocycles. The Morgan fingerprint density at radius 2 is 1.43 bits per heavy atom. The van der Waals surface area contributed by atoms with Crippen LogP contribution in [0.15, 0.2) is 54.1 Å². The molecule has 0 saturated carbocycles. The Hall–Kier alpha value is -2.60. The van der Waals surface area contributed by atoms with Gasteiger partial charge in [-0.25, -0.2) is 0 Å². The average molecular weight is 623 g/mol. The van der Waals surface area contributed by atoms with Crippen LogP contribution in [0.5, 0.6) is 11.5 Å². The molecule has 1 aliphatic rings. The third-order valence-electron chi connectivity index (χ3n) is 8.12. The number of anilines is 1. The number of hydrogen-bond acceptors (Lipinski definition) is 5. The van der Waals surface area contributed by atoms with E-state index in [2.05, 4.69) is 61.7 Å². The van der Waals surface area contributed by atoms with Crippen molar-refractivity contribution in [3.05, 3.63) is 65.2 Å². The van der Waals surface area contributed by atoms with Crippen LogP contribution in [0.2, 0.25) is 0 Å². The van der Waals surface area contributed by atoms with Gasteiger partial charge in [-0.1, -0.05) is 123 Å². The number of thioether (sulfide) groups is 1. The van der Waals surface area contributed by atoms with Crippen molar-refractivity contribution in [3.8, 4) is 11.5 Å². The molecule has 0 atom stereocenters. The van der Waals surface area contributed by atoms with E-state index in [-0.39, 0.29) is 17.9 Å². The van der Waals surface area contributed by atoms with E-state index in [1.54, 1.807) is 11.8 Å². The first kappa shape index (κ1) is 35.9. The van der Waals surface area contributed by atoms with E-state index in [0.29, 0.717) is 5.75 Å². The Kier molecular flexibility index (Phi) is 16.7. The van der Waals surface area contributed by atoms with Gasteiger partial charge in [0, 0.05) is 24.0 Å². The van der Waals surface area contributed by atoms with Gasteiger partial charge in [-0.15, -0.1) is 11.8 Å². The van der Waals surface area contributed by atoms with Gasteiger partial charge in [-0.3, -0.25) is 4.79 Å². The van der Waals surface area contributed by atoms with Gasteiger partial charge in [0.15, 0.2) is 6.61 Å². The molecule has 5 nitrogen and oxygen atoms in total. The van der Waals surface area contributed by atoms with Crippen molar-refractivity contribution in [2.45, 2.75) is 130 Å². The van der Waals surface area contributed by atoms with Crippen LogP contribution in [-0.2, 0) is 16.8 Å². The summed E-state index contributed by atoms with van der Waals surface area (Å²) in [5.74, 6) is 2.40. The Balaban J connectivity index is 1.30. The molecular formula is C38H58N2O3S. The molecule has 0 aliphatic carbocycles. The molecule has 244 valence electrons. The molecule has 44 heavy (non-hydrogen) atoms. The number of nitrogens with one attached hydrogen (secondary N) is 1. The second-order valence-electron chi connectivity index (χ2n) is 13.2. The fraction of sp³-hybridized carbons (Fsp3) is 0.605. The maximum Gasteiger partial charge on any atom is 0.262 e. The van der Waals surface area contributed by atoms with Crippen molar-refractivity contribution in [1.29, 1.82) is 0 Å². The first-order valence-corrected chi connectivity index (χ1v) is 18.2. The zero-order chi connectivity index (χ0) is 31.5. The molecule has 1 aliphatic heterocycles. The first-order chi connectivity index (χ1) is 21.3. The van der Waals surface area contributed by atoms with E-state index in [9.17, 15) is 4.79 Å². The smallest absolute Gasteiger partial charge is 0.262 e. The molecular weight excluding hydrogens is 564 g/mol. The van der Waals surface area contributed by atoms with Crippen LogP contribution in [0.25, 0.3) is 0 Å². The zero-order valence-corrected chi connectivity index (χ0v) is 28.8. The highest BCUT2D eigenvalue weighted by molar-refractivity contribution is 8.02. The number of rotatable bonds is 22. The summed E-state index contributed by atoms with van der Waals surface area (Å²) in [6.45, 7) is 10.4. The van der Waals surface area contributed by atoms with Crippen molar-refractivity contribution >= 4 is 23.4 Å². The van der Waals surface area contributed by atoms with Gasteiger partial charge in [0.1, 0.15) is 11.5 Å². The normalized spacial score (nSPS) is 13.0. The Morgan fingerprint density at radius 1 is 0.818 bits per heavy atom. The average Bonchev–Trinajstić information content (AvgIpc) is 3.52. The number of carbonyl (C=O) groups is 1. The first-order valence-electron chi connectivity index (χ1n) is 17.2. The van der Waals surface area contributed by atoms with Gasteiger partial charge < -0.3 is 19.7 Å². The molecule has 1 heterocycles. The van der Waals surface area contributed by atoms with E-state index in [1.807, 2.05) is 30.3 Å². The van der Waals surface area contributed by atoms with Crippen LogP contribution >= 0.6 is 11.8 Å². The van der Waals surface area contributed by atoms with Gasteiger partial charge in [0.25, 0.3) is 5.91 Å². The summed E-state index contributed by atoms with van der Waals surface area (Å²) in [7, 11) is 0. The summed E-state index contributed by atoms with van der Waals surface area (Å²) < 4.78 is 12.1. The van der Waals surface area contributed by atoms with Gasteiger partial charge in [-0.2, -0.15) is 0 Å². The highest BCUT2D eigenvalue weighted by atomic mass is 32.2. The SMILES string of the molecule is CCCCCCCCCCCCCCCCOc1ccc(OCC(=O)Nc2ccc(CN3C=CSC3)cc2)cc1C(C)(C)C. The summed E-state index contributed by atoms with van der Waals surface area (Å²) in [6, 6.07) is 13.9. The van der Waals surface area contributed by atoms with E-state index >= 15 is 0 Å². The van der Waals surface area contributed by atoms with Gasteiger partial charge in [0.2, 0.25) is 0 Å². The minimum absolute atomic E-state index is 0.0413. The molecule has 0 fully saturated rings. The molecule has 2 aromatic carbocycles. The Morgan fingerprint density at radius 3 is 2.00 bits per heavy atom. The van der Waals surface area contributed by atoms with Crippen LogP contribution in [0.3, 0.4) is 0 Å². The standard InChI is InChI=1S/C38H58N2O3S/c1-5-6-7-8-9-10-11-12-13-14-15-16-17-18-26-42-36-24-23-34(28-35(36)38(2,3)4)43-30-37(41)39-33-21-19-32(20-22-33)29-40-25-27-44-31-40/h19-25,27-28H,5-18,26,29-31H2,1-4H3,(H,39,41). The maximum atomic E-state index is 12.6. The summed E-state index contributed by atoms with van der Waals surface area (Å²) in [5, 5.41) is 5.05. The lowest BCUT2D eigenvalue weighted by Gasteiger charge is -2.24. The monoisotopic (exact) mass is 622 g/mol. The number of hydrogen-bond donors (Lipinski definition) is 1. The summed E-state index contributed by atoms with van der Waals surface area (Å²) in [5.41, 5.74) is 2.99. The van der Waals surface area contributed by atoms with Crippen LogP contribution < -0.4 is 14.8 Å². The molecule has 0 radical (unpaired) electrons. The van der Waals surface area contributed by atoms with E-state index in [0.717, 1.165) is 42.4 Å². The summed E-state index contributed by atoms with van der Waals surface area (Å²) in [6.07, 6.45) is 21.1. The Labute approximate surface area is 272 Å². The molecule has 1 N–H and O–H groups in total. The predicted octanol–water partition coefficient (Wildman–Crippen LogP) is 10.8. The molecule has 2 aromatic rings. The summed E-state index contributed by atoms with van der Waals surface area (Å²) >= 11 is 1.80. The number of ether oxygens (including phenoxy) is 2. The molecule has 6 heteroatoms. The van der Waals surface area contributed by atoms with E-state index < -0.39 is 0 Å². The molecule has 0 saturated heterocycles. The van der Waals surface area contributed by atoms with Crippen LogP contribution in [0.4, 0.5) is 5.69 Å². The van der Waals surface area contributed by atoms with Crippen molar-refractivity contribution in [2.24, 2.45) is 0 Å². The number of nitrogens with zero attached hydrogens (tertiary/aromatic N) is 1. The number of benzene rings is 2. The molecule has 0 spiro atoms. The van der Waals surface area contributed by atoms with Gasteiger partial charge >= 0.3 is 0 Å². The van der Waals surface area contributed by atoms with Crippen molar-refractivity contribution in [1.82, 2.24) is 4.90 Å². The fourth-order valence-electron chi connectivity index (χ4n) is 5.47. The molecule has 0 bridgehead atoms. The largest absolute Gasteiger partial charge is 0.493 e. The van der Waals surface area contributed by atoms with E-state index in [1.165, 1.54) is 89.0 Å². The molecule has 1 amide bonds.